The Balaban J connectivity index is 2.21. The van der Waals surface area contributed by atoms with Gasteiger partial charge < -0.3 is 10.6 Å². The zero-order chi connectivity index (χ0) is 13.0. The smallest absolute Gasteiger partial charge is 0.0441 e. The van der Waals surface area contributed by atoms with Crippen molar-refractivity contribution in [2.45, 2.75) is 19.5 Å². The van der Waals surface area contributed by atoms with Crippen LogP contribution >= 0.6 is 0 Å². The minimum Gasteiger partial charge on any atom is -0.370 e. The van der Waals surface area contributed by atoms with E-state index >= 15 is 0 Å². The molecule has 0 amide bonds. The summed E-state index contributed by atoms with van der Waals surface area (Å²) in [5.41, 5.74) is 9.55. The zero-order valence-electron chi connectivity index (χ0n) is 10.9. The first-order valence-corrected chi connectivity index (χ1v) is 6.13. The zero-order valence-corrected chi connectivity index (χ0v) is 10.9. The molecule has 0 aliphatic carbocycles. The highest BCUT2D eigenvalue weighted by molar-refractivity contribution is 5.54. The maximum absolute atomic E-state index is 6.01. The molecular weight excluding hydrogens is 222 g/mol. The molecule has 2 aromatic rings. The SMILES string of the molecule is C[C@@H](N)c1ccccc1N(C)Cc1cccnc1. The van der Waals surface area contributed by atoms with E-state index in [2.05, 4.69) is 35.1 Å². The highest BCUT2D eigenvalue weighted by Gasteiger charge is 2.10. The first-order chi connectivity index (χ1) is 8.68. The lowest BCUT2D eigenvalue weighted by atomic mass is 10.1. The fourth-order valence-corrected chi connectivity index (χ4v) is 2.07. The van der Waals surface area contributed by atoms with E-state index in [4.69, 9.17) is 5.73 Å². The van der Waals surface area contributed by atoms with Crippen molar-refractivity contribution in [1.82, 2.24) is 4.98 Å². The molecule has 1 aromatic carbocycles. The van der Waals surface area contributed by atoms with E-state index in [1.165, 1.54) is 16.8 Å². The first kappa shape index (κ1) is 12.6. The second-order valence-electron chi connectivity index (χ2n) is 4.56. The van der Waals surface area contributed by atoms with Gasteiger partial charge in [0.1, 0.15) is 0 Å². The fraction of sp³-hybridized carbons (Fsp3) is 0.267. The molecule has 0 saturated heterocycles. The molecule has 94 valence electrons. The van der Waals surface area contributed by atoms with E-state index in [1.807, 2.05) is 31.3 Å². The average Bonchev–Trinajstić information content (AvgIpc) is 2.40. The molecule has 2 N–H and O–H groups in total. The third kappa shape index (κ3) is 2.87. The topological polar surface area (TPSA) is 42.1 Å². The van der Waals surface area contributed by atoms with E-state index < -0.39 is 0 Å². The van der Waals surface area contributed by atoms with Crippen LogP contribution in [0.5, 0.6) is 0 Å². The molecule has 1 aromatic heterocycles. The molecule has 0 saturated carbocycles. The van der Waals surface area contributed by atoms with Crippen molar-refractivity contribution in [3.05, 3.63) is 59.9 Å². The molecule has 0 aliphatic heterocycles. The summed E-state index contributed by atoms with van der Waals surface area (Å²) in [4.78, 5) is 6.34. The van der Waals surface area contributed by atoms with Gasteiger partial charge >= 0.3 is 0 Å². The predicted molar refractivity (Wildman–Crippen MR) is 75.4 cm³/mol. The molecule has 1 atom stereocenters. The molecule has 0 unspecified atom stereocenters. The summed E-state index contributed by atoms with van der Waals surface area (Å²) in [7, 11) is 2.08. The second-order valence-corrected chi connectivity index (χ2v) is 4.56. The lowest BCUT2D eigenvalue weighted by Crippen LogP contribution is -2.20. The van der Waals surface area contributed by atoms with Crippen LogP contribution in [0.3, 0.4) is 0 Å². The molecule has 0 fully saturated rings. The maximum atomic E-state index is 6.01. The van der Waals surface area contributed by atoms with E-state index in [-0.39, 0.29) is 6.04 Å². The van der Waals surface area contributed by atoms with Crippen molar-refractivity contribution in [2.24, 2.45) is 5.73 Å². The number of hydrogen-bond acceptors (Lipinski definition) is 3. The van der Waals surface area contributed by atoms with Crippen LogP contribution in [0.1, 0.15) is 24.1 Å². The number of hydrogen-bond donors (Lipinski definition) is 1. The average molecular weight is 241 g/mol. The van der Waals surface area contributed by atoms with Gasteiger partial charge in [-0.2, -0.15) is 0 Å². The van der Waals surface area contributed by atoms with Gasteiger partial charge in [-0.05, 0) is 30.2 Å². The molecule has 0 spiro atoms. The van der Waals surface area contributed by atoms with Gasteiger partial charge in [-0.15, -0.1) is 0 Å². The largest absolute Gasteiger partial charge is 0.370 e. The summed E-state index contributed by atoms with van der Waals surface area (Å²) in [5, 5.41) is 0. The van der Waals surface area contributed by atoms with Crippen LogP contribution in [0.4, 0.5) is 5.69 Å². The number of rotatable bonds is 4. The van der Waals surface area contributed by atoms with Crippen molar-refractivity contribution < 1.29 is 0 Å². The number of nitrogens with zero attached hydrogens (tertiary/aromatic N) is 2. The standard InChI is InChI=1S/C15H19N3/c1-12(16)14-7-3-4-8-15(14)18(2)11-13-6-5-9-17-10-13/h3-10,12H,11,16H2,1-2H3/t12-/m1/s1. The highest BCUT2D eigenvalue weighted by Crippen LogP contribution is 2.25. The van der Waals surface area contributed by atoms with Crippen LogP contribution in [0.15, 0.2) is 48.8 Å². The lowest BCUT2D eigenvalue weighted by Gasteiger charge is -2.23. The maximum Gasteiger partial charge on any atom is 0.0441 e. The summed E-state index contributed by atoms with van der Waals surface area (Å²) in [6, 6.07) is 12.3. The van der Waals surface area contributed by atoms with Gasteiger partial charge in [0.25, 0.3) is 0 Å². The molecule has 1 heterocycles. The molecule has 0 bridgehead atoms. The van der Waals surface area contributed by atoms with E-state index in [0.717, 1.165) is 6.54 Å². The molecule has 2 rings (SSSR count). The number of pyridine rings is 1. The van der Waals surface area contributed by atoms with Crippen LogP contribution in [0.2, 0.25) is 0 Å². The van der Waals surface area contributed by atoms with Crippen molar-refractivity contribution in [2.75, 3.05) is 11.9 Å². The lowest BCUT2D eigenvalue weighted by molar-refractivity contribution is 0.800. The third-order valence-corrected chi connectivity index (χ3v) is 2.98. The van der Waals surface area contributed by atoms with Crippen molar-refractivity contribution >= 4 is 5.69 Å². The number of benzene rings is 1. The number of nitrogens with two attached hydrogens (primary N) is 1. The summed E-state index contributed by atoms with van der Waals surface area (Å²) in [6.07, 6.45) is 3.68. The van der Waals surface area contributed by atoms with Crippen molar-refractivity contribution in [3.8, 4) is 0 Å². The Hall–Kier alpha value is -1.87. The number of anilines is 1. The summed E-state index contributed by atoms with van der Waals surface area (Å²) in [5.74, 6) is 0. The minimum absolute atomic E-state index is 0.0394. The van der Waals surface area contributed by atoms with Gasteiger partial charge in [0, 0.05) is 37.7 Å². The Bertz CT molecular complexity index is 494. The molecule has 3 nitrogen and oxygen atoms in total. The summed E-state index contributed by atoms with van der Waals surface area (Å²) >= 11 is 0. The minimum atomic E-state index is 0.0394. The van der Waals surface area contributed by atoms with Gasteiger partial charge in [0.2, 0.25) is 0 Å². The fourth-order valence-electron chi connectivity index (χ4n) is 2.07. The Morgan fingerprint density at radius 1 is 1.22 bits per heavy atom. The molecular formula is C15H19N3. The Labute approximate surface area is 108 Å². The predicted octanol–water partition coefficient (Wildman–Crippen LogP) is 2.74. The quantitative estimate of drug-likeness (QED) is 0.895. The van der Waals surface area contributed by atoms with Gasteiger partial charge in [-0.1, -0.05) is 24.3 Å². The van der Waals surface area contributed by atoms with Crippen LogP contribution in [0, 0.1) is 0 Å². The number of para-hydroxylation sites is 1. The van der Waals surface area contributed by atoms with Crippen LogP contribution in [-0.4, -0.2) is 12.0 Å². The van der Waals surface area contributed by atoms with Crippen molar-refractivity contribution in [1.29, 1.82) is 0 Å². The molecule has 0 aliphatic rings. The van der Waals surface area contributed by atoms with Gasteiger partial charge in [0.15, 0.2) is 0 Å². The molecule has 18 heavy (non-hydrogen) atoms. The van der Waals surface area contributed by atoms with Gasteiger partial charge in [-0.3, -0.25) is 4.98 Å². The Morgan fingerprint density at radius 3 is 2.67 bits per heavy atom. The Morgan fingerprint density at radius 2 is 2.00 bits per heavy atom. The van der Waals surface area contributed by atoms with Gasteiger partial charge in [-0.25, -0.2) is 0 Å². The highest BCUT2D eigenvalue weighted by atomic mass is 15.1. The second kappa shape index (κ2) is 5.65. The summed E-state index contributed by atoms with van der Waals surface area (Å²) in [6.45, 7) is 2.84. The van der Waals surface area contributed by atoms with Crippen LogP contribution in [0.25, 0.3) is 0 Å². The number of aromatic nitrogens is 1. The van der Waals surface area contributed by atoms with Crippen LogP contribution in [-0.2, 0) is 6.54 Å². The van der Waals surface area contributed by atoms with E-state index in [9.17, 15) is 0 Å². The first-order valence-electron chi connectivity index (χ1n) is 6.13. The molecule has 3 heteroatoms. The van der Waals surface area contributed by atoms with E-state index in [1.54, 1.807) is 6.20 Å². The third-order valence-electron chi connectivity index (χ3n) is 2.98. The Kier molecular flexibility index (Phi) is 3.95. The van der Waals surface area contributed by atoms with Gasteiger partial charge in [0.05, 0.1) is 0 Å². The molecule has 0 radical (unpaired) electrons. The van der Waals surface area contributed by atoms with E-state index in [0.29, 0.717) is 0 Å². The van der Waals surface area contributed by atoms with Crippen LogP contribution < -0.4 is 10.6 Å². The monoisotopic (exact) mass is 241 g/mol. The summed E-state index contributed by atoms with van der Waals surface area (Å²) < 4.78 is 0. The normalized spacial score (nSPS) is 12.2. The van der Waals surface area contributed by atoms with Crippen molar-refractivity contribution in [3.63, 3.8) is 0 Å².